The summed E-state index contributed by atoms with van der Waals surface area (Å²) in [7, 11) is 0. The van der Waals surface area contributed by atoms with Crippen LogP contribution in [0.25, 0.3) is 22.3 Å². The van der Waals surface area contributed by atoms with E-state index < -0.39 is 11.6 Å². The zero-order chi connectivity index (χ0) is 17.6. The molecule has 122 valence electrons. The lowest BCUT2D eigenvalue weighted by molar-refractivity contribution is 0.508. The highest BCUT2D eigenvalue weighted by Crippen LogP contribution is 2.37. The number of halogens is 3. The lowest BCUT2D eigenvalue weighted by Gasteiger charge is -2.07. The van der Waals surface area contributed by atoms with Crippen LogP contribution in [-0.4, -0.2) is 11.1 Å². The molecule has 0 aliphatic carbocycles. The molecule has 3 aromatic rings. The molecule has 2 aromatic carbocycles. The van der Waals surface area contributed by atoms with Crippen LogP contribution < -0.4 is 0 Å². The third-order valence-electron chi connectivity index (χ3n) is 4.04. The van der Waals surface area contributed by atoms with Crippen molar-refractivity contribution in [1.82, 2.24) is 4.57 Å². The number of hydrogen-bond donors (Lipinski definition) is 0. The summed E-state index contributed by atoms with van der Waals surface area (Å²) < 4.78 is 28.5. The molecule has 0 amide bonds. The maximum atomic E-state index is 13.6. The number of benzene rings is 2. The number of nitriles is 1. The van der Waals surface area contributed by atoms with Gasteiger partial charge in [-0.3, -0.25) is 0 Å². The first-order valence-corrected chi connectivity index (χ1v) is 7.74. The molecule has 25 heavy (non-hydrogen) atoms. The first-order chi connectivity index (χ1) is 12.1. The van der Waals surface area contributed by atoms with E-state index in [4.69, 9.17) is 11.6 Å². The van der Waals surface area contributed by atoms with E-state index in [0.717, 1.165) is 12.1 Å². The Balaban J connectivity index is 1.99. The predicted octanol–water partition coefficient (Wildman–Crippen LogP) is 5.26. The molecule has 0 atom stereocenters. The summed E-state index contributed by atoms with van der Waals surface area (Å²) in [6.07, 6.45) is 1.63. The summed E-state index contributed by atoms with van der Waals surface area (Å²) in [6, 6.07) is 11.1. The van der Waals surface area contributed by atoms with Crippen molar-refractivity contribution in [3.05, 3.63) is 70.4 Å². The molecule has 4 rings (SSSR count). The second-order valence-electron chi connectivity index (χ2n) is 5.48. The molecule has 0 N–H and O–H groups in total. The van der Waals surface area contributed by atoms with Crippen LogP contribution in [0.4, 0.5) is 8.78 Å². The van der Waals surface area contributed by atoms with Gasteiger partial charge in [0, 0.05) is 28.9 Å². The summed E-state index contributed by atoms with van der Waals surface area (Å²) >= 11 is 6.41. The van der Waals surface area contributed by atoms with Gasteiger partial charge in [0.1, 0.15) is 5.70 Å². The van der Waals surface area contributed by atoms with Gasteiger partial charge in [-0.2, -0.15) is 15.5 Å². The Morgan fingerprint density at radius 3 is 2.76 bits per heavy atom. The minimum atomic E-state index is -0.939. The topological polar surface area (TPSA) is 53.4 Å². The lowest BCUT2D eigenvalue weighted by atomic mass is 10.0. The molecule has 4 nitrogen and oxygen atoms in total. The molecule has 7 heteroatoms. The summed E-state index contributed by atoms with van der Waals surface area (Å²) in [5.74, 6) is -1.85. The van der Waals surface area contributed by atoms with Gasteiger partial charge in [-0.15, -0.1) is 0 Å². The van der Waals surface area contributed by atoms with Gasteiger partial charge in [0.25, 0.3) is 0 Å². The standard InChI is InChI=1S/C18H9ClF2N4/c19-13-9-25(11-4-5-14(20)15(21)6-11)16-3-1-2-12(17(13)16)18-10(7-22)8-23-24-18/h1-6,9H,8H2. The van der Waals surface area contributed by atoms with E-state index in [2.05, 4.69) is 16.3 Å². The molecular weight excluding hydrogens is 346 g/mol. The molecule has 0 saturated carbocycles. The predicted molar refractivity (Wildman–Crippen MR) is 90.5 cm³/mol. The fourth-order valence-electron chi connectivity index (χ4n) is 2.90. The maximum absolute atomic E-state index is 13.6. The first kappa shape index (κ1) is 15.5. The van der Waals surface area contributed by atoms with Crippen LogP contribution in [0, 0.1) is 23.0 Å². The molecule has 0 fully saturated rings. The van der Waals surface area contributed by atoms with Crippen molar-refractivity contribution < 1.29 is 8.78 Å². The van der Waals surface area contributed by atoms with Crippen molar-refractivity contribution >= 4 is 28.2 Å². The third-order valence-corrected chi connectivity index (χ3v) is 4.33. The molecule has 0 bridgehead atoms. The smallest absolute Gasteiger partial charge is 0.160 e. The van der Waals surface area contributed by atoms with Crippen molar-refractivity contribution in [2.75, 3.05) is 6.54 Å². The second-order valence-corrected chi connectivity index (χ2v) is 5.89. The monoisotopic (exact) mass is 354 g/mol. The quantitative estimate of drug-likeness (QED) is 0.619. The van der Waals surface area contributed by atoms with Crippen molar-refractivity contribution in [1.29, 1.82) is 5.26 Å². The Morgan fingerprint density at radius 2 is 2.00 bits per heavy atom. The number of nitrogens with zero attached hydrogens (tertiary/aromatic N) is 4. The van der Waals surface area contributed by atoms with E-state index in [1.54, 1.807) is 22.9 Å². The normalized spacial score (nSPS) is 13.7. The number of rotatable bonds is 2. The summed E-state index contributed by atoms with van der Waals surface area (Å²) in [5, 5.41) is 18.3. The van der Waals surface area contributed by atoms with Gasteiger partial charge in [-0.25, -0.2) is 8.78 Å². The molecule has 2 heterocycles. The zero-order valence-corrected chi connectivity index (χ0v) is 13.4. The van der Waals surface area contributed by atoms with Crippen LogP contribution >= 0.6 is 11.6 Å². The van der Waals surface area contributed by atoms with Gasteiger partial charge in [0.15, 0.2) is 11.6 Å². The van der Waals surface area contributed by atoms with Crippen LogP contribution in [-0.2, 0) is 0 Å². The van der Waals surface area contributed by atoms with Crippen LogP contribution in [0.5, 0.6) is 0 Å². The van der Waals surface area contributed by atoms with E-state index >= 15 is 0 Å². The summed E-state index contributed by atoms with van der Waals surface area (Å²) in [4.78, 5) is 0. The van der Waals surface area contributed by atoms with Crippen LogP contribution in [0.15, 0.2) is 58.4 Å². The Labute approximate surface area is 146 Å². The molecule has 1 aliphatic heterocycles. The summed E-state index contributed by atoms with van der Waals surface area (Å²) in [5.41, 5.74) is 2.76. The van der Waals surface area contributed by atoms with Gasteiger partial charge in [-0.05, 0) is 18.2 Å². The molecule has 1 aliphatic rings. The largest absolute Gasteiger partial charge is 0.315 e. The highest BCUT2D eigenvalue weighted by molar-refractivity contribution is 6.36. The second kappa shape index (κ2) is 5.80. The third kappa shape index (κ3) is 2.41. The zero-order valence-electron chi connectivity index (χ0n) is 12.7. The highest BCUT2D eigenvalue weighted by atomic mass is 35.5. The number of fused-ring (bicyclic) bond motifs is 1. The van der Waals surface area contributed by atoms with Gasteiger partial charge in [-0.1, -0.05) is 23.7 Å². The SMILES string of the molecule is N#CC1=C(c2cccc3c2c(Cl)cn3-c2ccc(F)c(F)c2)N=NC1. The van der Waals surface area contributed by atoms with Crippen LogP contribution in [0.2, 0.25) is 5.02 Å². The van der Waals surface area contributed by atoms with Crippen molar-refractivity contribution in [2.45, 2.75) is 0 Å². The maximum Gasteiger partial charge on any atom is 0.160 e. The van der Waals surface area contributed by atoms with E-state index in [-0.39, 0.29) is 6.54 Å². The lowest BCUT2D eigenvalue weighted by Crippen LogP contribution is -1.95. The molecule has 0 radical (unpaired) electrons. The average molecular weight is 355 g/mol. The Morgan fingerprint density at radius 1 is 1.16 bits per heavy atom. The van der Waals surface area contributed by atoms with E-state index in [1.807, 2.05) is 6.07 Å². The Bertz CT molecular complexity index is 1120. The van der Waals surface area contributed by atoms with Gasteiger partial charge >= 0.3 is 0 Å². The van der Waals surface area contributed by atoms with Gasteiger partial charge < -0.3 is 4.57 Å². The molecule has 0 unspecified atom stereocenters. The fourth-order valence-corrected chi connectivity index (χ4v) is 3.20. The van der Waals surface area contributed by atoms with Crippen molar-refractivity contribution in [3.8, 4) is 11.8 Å². The van der Waals surface area contributed by atoms with E-state index in [9.17, 15) is 14.0 Å². The Hall–Kier alpha value is -3.04. The number of hydrogen-bond acceptors (Lipinski definition) is 3. The Kier molecular flexibility index (Phi) is 3.59. The average Bonchev–Trinajstić information content (AvgIpc) is 3.22. The minimum absolute atomic E-state index is 0.240. The van der Waals surface area contributed by atoms with Gasteiger partial charge in [0.2, 0.25) is 0 Å². The molecular formula is C18H9ClF2N4. The highest BCUT2D eigenvalue weighted by Gasteiger charge is 2.20. The van der Waals surface area contributed by atoms with E-state index in [0.29, 0.717) is 38.4 Å². The minimum Gasteiger partial charge on any atom is -0.315 e. The molecule has 1 aromatic heterocycles. The van der Waals surface area contributed by atoms with Crippen LogP contribution in [0.1, 0.15) is 5.56 Å². The van der Waals surface area contributed by atoms with E-state index in [1.165, 1.54) is 6.07 Å². The van der Waals surface area contributed by atoms with Crippen molar-refractivity contribution in [3.63, 3.8) is 0 Å². The first-order valence-electron chi connectivity index (χ1n) is 7.36. The van der Waals surface area contributed by atoms with Gasteiger partial charge in [0.05, 0.1) is 28.7 Å². The molecule has 0 spiro atoms. The number of aromatic nitrogens is 1. The number of azo groups is 1. The van der Waals surface area contributed by atoms with Crippen molar-refractivity contribution in [2.24, 2.45) is 10.2 Å². The van der Waals surface area contributed by atoms with Crippen LogP contribution in [0.3, 0.4) is 0 Å². The molecule has 0 saturated heterocycles. The fraction of sp³-hybridized carbons (Fsp3) is 0.0556. The summed E-state index contributed by atoms with van der Waals surface area (Å²) in [6.45, 7) is 0.240.